The summed E-state index contributed by atoms with van der Waals surface area (Å²) < 4.78 is 30.8. The molecule has 62 valence electrons. The lowest BCUT2D eigenvalue weighted by molar-refractivity contribution is 0.372. The molecule has 0 aliphatic carbocycles. The van der Waals surface area contributed by atoms with Crippen LogP contribution in [0.1, 0.15) is 27.2 Å². The van der Waals surface area contributed by atoms with Crippen LogP contribution in [0.5, 0.6) is 0 Å². The van der Waals surface area contributed by atoms with E-state index in [1.54, 1.807) is 13.8 Å². The van der Waals surface area contributed by atoms with Crippen molar-refractivity contribution in [2.24, 2.45) is 5.41 Å². The van der Waals surface area contributed by atoms with Crippen LogP contribution >= 0.6 is 0 Å². The maximum Gasteiger partial charge on any atom is 0.0951 e. The quantitative estimate of drug-likeness (QED) is 0.585. The van der Waals surface area contributed by atoms with Crippen LogP contribution in [0.2, 0.25) is 0 Å². The third kappa shape index (κ3) is 4.76. The highest BCUT2D eigenvalue weighted by Gasteiger charge is 2.17. The van der Waals surface area contributed by atoms with Gasteiger partial charge in [0, 0.05) is 5.75 Å². The predicted octanol–water partition coefficient (Wildman–Crippen LogP) is 0.968. The van der Waals surface area contributed by atoms with E-state index in [1.165, 1.54) is 0 Å². The van der Waals surface area contributed by atoms with Crippen molar-refractivity contribution in [2.45, 2.75) is 27.2 Å². The van der Waals surface area contributed by atoms with Crippen LogP contribution in [0.3, 0.4) is 0 Å². The summed E-state index contributed by atoms with van der Waals surface area (Å²) in [4.78, 5) is 0. The van der Waals surface area contributed by atoms with Gasteiger partial charge in [-0.3, -0.25) is 0 Å². The third-order valence-electron chi connectivity index (χ3n) is 1.52. The van der Waals surface area contributed by atoms with E-state index in [2.05, 4.69) is 0 Å². The van der Waals surface area contributed by atoms with Crippen LogP contribution in [-0.4, -0.2) is 18.7 Å². The Morgan fingerprint density at radius 2 is 1.80 bits per heavy atom. The summed E-state index contributed by atoms with van der Waals surface area (Å²) in [6, 6.07) is 0. The first-order valence-electron chi connectivity index (χ1n) is 3.20. The minimum atomic E-state index is -4.04. The fraction of sp³-hybridized carbons (Fsp3) is 1.00. The zero-order chi connectivity index (χ0) is 8.41. The van der Waals surface area contributed by atoms with Crippen LogP contribution in [0.4, 0.5) is 0 Å². The molecule has 0 atom stereocenters. The van der Waals surface area contributed by atoms with Crippen molar-refractivity contribution in [1.82, 2.24) is 0 Å². The highest BCUT2D eigenvalue weighted by atomic mass is 32.2. The summed E-state index contributed by atoms with van der Waals surface area (Å²) in [6.45, 7) is 5.40. The molecule has 0 radical (unpaired) electrons. The second-order valence-corrected chi connectivity index (χ2v) is 4.62. The summed E-state index contributed by atoms with van der Waals surface area (Å²) in [5, 5.41) is 0. The van der Waals surface area contributed by atoms with Gasteiger partial charge in [0.15, 0.2) is 0 Å². The molecule has 4 heteroatoms. The summed E-state index contributed by atoms with van der Waals surface area (Å²) >= 11 is 0. The van der Waals surface area contributed by atoms with Crippen molar-refractivity contribution in [2.75, 3.05) is 5.75 Å². The molecule has 0 heterocycles. The van der Waals surface area contributed by atoms with E-state index in [9.17, 15) is 13.0 Å². The van der Waals surface area contributed by atoms with E-state index in [0.717, 1.165) is 0 Å². The second-order valence-electron chi connectivity index (χ2n) is 3.22. The Bertz CT molecular complexity index is 191. The highest BCUT2D eigenvalue weighted by molar-refractivity contribution is 7.85. The molecule has 0 saturated heterocycles. The van der Waals surface area contributed by atoms with Crippen LogP contribution in [-0.2, 0) is 10.1 Å². The minimum Gasteiger partial charge on any atom is -0.748 e. The van der Waals surface area contributed by atoms with Gasteiger partial charge in [-0.25, -0.2) is 8.42 Å². The molecule has 0 unspecified atom stereocenters. The maximum atomic E-state index is 10.3. The average molecular weight is 165 g/mol. The number of hydrogen-bond acceptors (Lipinski definition) is 3. The normalized spacial score (nSPS) is 13.6. The minimum absolute atomic E-state index is 0.267. The average Bonchev–Trinajstić information content (AvgIpc) is 1.60. The van der Waals surface area contributed by atoms with Crippen molar-refractivity contribution >= 4 is 10.1 Å². The summed E-state index contributed by atoms with van der Waals surface area (Å²) in [5.41, 5.74) is -0.374. The predicted molar refractivity (Wildman–Crippen MR) is 38.6 cm³/mol. The van der Waals surface area contributed by atoms with Gasteiger partial charge in [0.05, 0.1) is 10.1 Å². The lowest BCUT2D eigenvalue weighted by Crippen LogP contribution is -2.22. The number of hydrogen-bond donors (Lipinski definition) is 0. The van der Waals surface area contributed by atoms with E-state index in [4.69, 9.17) is 0 Å². The molecule has 0 saturated carbocycles. The van der Waals surface area contributed by atoms with Gasteiger partial charge in [-0.2, -0.15) is 0 Å². The Morgan fingerprint density at radius 1 is 1.40 bits per heavy atom. The Balaban J connectivity index is 4.16. The van der Waals surface area contributed by atoms with Crippen LogP contribution in [0.25, 0.3) is 0 Å². The molecule has 0 fully saturated rings. The van der Waals surface area contributed by atoms with Crippen molar-refractivity contribution < 1.29 is 13.0 Å². The first kappa shape index (κ1) is 9.91. The van der Waals surface area contributed by atoms with E-state index < -0.39 is 10.1 Å². The van der Waals surface area contributed by atoms with E-state index in [0.29, 0.717) is 6.42 Å². The van der Waals surface area contributed by atoms with Gasteiger partial charge in [-0.15, -0.1) is 0 Å². The third-order valence-corrected chi connectivity index (χ3v) is 2.66. The molecule has 0 amide bonds. The second kappa shape index (κ2) is 2.88. The zero-order valence-electron chi connectivity index (χ0n) is 6.55. The molecule has 0 aliphatic rings. The van der Waals surface area contributed by atoms with Gasteiger partial charge < -0.3 is 4.55 Å². The Kier molecular flexibility index (Phi) is 2.86. The van der Waals surface area contributed by atoms with Crippen molar-refractivity contribution in [3.05, 3.63) is 0 Å². The molecule has 0 rings (SSSR count). The van der Waals surface area contributed by atoms with E-state index in [-0.39, 0.29) is 11.2 Å². The van der Waals surface area contributed by atoms with Gasteiger partial charge >= 0.3 is 0 Å². The summed E-state index contributed by atoms with van der Waals surface area (Å²) in [5.74, 6) is -0.267. The lowest BCUT2D eigenvalue weighted by atomic mass is 9.93. The largest absolute Gasteiger partial charge is 0.748 e. The van der Waals surface area contributed by atoms with Crippen molar-refractivity contribution in [1.29, 1.82) is 0 Å². The molecule has 0 bridgehead atoms. The molecule has 10 heavy (non-hydrogen) atoms. The molecular formula is C6H13O3S-. The van der Waals surface area contributed by atoms with Gasteiger partial charge in [0.1, 0.15) is 0 Å². The molecule has 0 spiro atoms. The fourth-order valence-electron chi connectivity index (χ4n) is 0.581. The van der Waals surface area contributed by atoms with Crippen LogP contribution in [0.15, 0.2) is 0 Å². The van der Waals surface area contributed by atoms with Gasteiger partial charge in [-0.05, 0) is 5.41 Å². The molecule has 0 aromatic rings. The van der Waals surface area contributed by atoms with Gasteiger partial charge in [0.2, 0.25) is 0 Å². The fourth-order valence-corrected chi connectivity index (χ4v) is 1.74. The Labute approximate surface area is 62.2 Å². The molecular weight excluding hydrogens is 152 g/mol. The van der Waals surface area contributed by atoms with E-state index >= 15 is 0 Å². The van der Waals surface area contributed by atoms with Crippen molar-refractivity contribution in [3.8, 4) is 0 Å². The molecule has 0 aromatic carbocycles. The van der Waals surface area contributed by atoms with Gasteiger partial charge in [-0.1, -0.05) is 27.2 Å². The standard InChI is InChI=1S/C6H14O3S/c1-4-6(2,3)5-10(7,8)9/h4-5H2,1-3H3,(H,7,8,9)/p-1. The zero-order valence-corrected chi connectivity index (χ0v) is 7.36. The summed E-state index contributed by atoms with van der Waals surface area (Å²) in [6.07, 6.45) is 0.703. The Hall–Kier alpha value is -0.0900. The topological polar surface area (TPSA) is 57.2 Å². The van der Waals surface area contributed by atoms with Crippen LogP contribution in [0, 0.1) is 5.41 Å². The molecule has 0 aliphatic heterocycles. The molecule has 0 N–H and O–H groups in total. The smallest absolute Gasteiger partial charge is 0.0951 e. The maximum absolute atomic E-state index is 10.3. The van der Waals surface area contributed by atoms with Crippen LogP contribution < -0.4 is 0 Å². The first-order valence-corrected chi connectivity index (χ1v) is 4.78. The number of rotatable bonds is 3. The first-order chi connectivity index (χ1) is 4.27. The lowest BCUT2D eigenvalue weighted by Gasteiger charge is -2.23. The summed E-state index contributed by atoms with van der Waals surface area (Å²) in [7, 11) is -4.04. The molecule has 0 aromatic heterocycles. The Morgan fingerprint density at radius 3 is 1.90 bits per heavy atom. The molecule has 3 nitrogen and oxygen atoms in total. The SMILES string of the molecule is CCC(C)(C)CS(=O)(=O)[O-]. The monoisotopic (exact) mass is 165 g/mol. The van der Waals surface area contributed by atoms with Crippen molar-refractivity contribution in [3.63, 3.8) is 0 Å². The highest BCUT2D eigenvalue weighted by Crippen LogP contribution is 2.20. The van der Waals surface area contributed by atoms with E-state index in [1.807, 2.05) is 6.92 Å². The van der Waals surface area contributed by atoms with Gasteiger partial charge in [0.25, 0.3) is 0 Å².